The summed E-state index contributed by atoms with van der Waals surface area (Å²) in [5.41, 5.74) is 1.26. The van der Waals surface area contributed by atoms with Crippen molar-refractivity contribution < 1.29 is 19.3 Å². The lowest BCUT2D eigenvalue weighted by Gasteiger charge is -2.41. The Kier molecular flexibility index (Phi) is 9.75. The van der Waals surface area contributed by atoms with Gasteiger partial charge in [0, 0.05) is 12.0 Å². The molecule has 2 saturated heterocycles. The normalized spacial score (nSPS) is 27.5. The fourth-order valence-electron chi connectivity index (χ4n) is 5.23. The molecular weight excluding hydrogens is 452 g/mol. The molecule has 1 aromatic rings. The number of hydrogen-bond acceptors (Lipinski definition) is 6. The molecule has 0 saturated carbocycles. The molecule has 0 aliphatic carbocycles. The topological polar surface area (TPSA) is 75.0 Å². The van der Waals surface area contributed by atoms with E-state index in [9.17, 15) is 10.4 Å². The maximum absolute atomic E-state index is 11.3. The van der Waals surface area contributed by atoms with Gasteiger partial charge in [0.1, 0.15) is 17.8 Å². The average Bonchev–Trinajstić information content (AvgIpc) is 3.43. The molecule has 36 heavy (non-hydrogen) atoms. The molecule has 196 valence electrons. The van der Waals surface area contributed by atoms with E-state index in [-0.39, 0.29) is 24.2 Å². The molecule has 2 heterocycles. The van der Waals surface area contributed by atoms with Gasteiger partial charge in [-0.3, -0.25) is 4.90 Å². The molecule has 6 nitrogen and oxygen atoms in total. The van der Waals surface area contributed by atoms with Gasteiger partial charge in [-0.2, -0.15) is 5.26 Å². The first-order chi connectivity index (χ1) is 17.1. The number of aliphatic hydroxyl groups is 1. The number of likely N-dealkylation sites (tertiary alicyclic amines) is 1. The number of benzene rings is 1. The predicted molar refractivity (Wildman–Crippen MR) is 141 cm³/mol. The van der Waals surface area contributed by atoms with E-state index >= 15 is 0 Å². The molecule has 0 unspecified atom stereocenters. The van der Waals surface area contributed by atoms with E-state index in [2.05, 4.69) is 42.7 Å². The van der Waals surface area contributed by atoms with Crippen LogP contribution in [0.5, 0.6) is 0 Å². The Morgan fingerprint density at radius 2 is 2.03 bits per heavy atom. The summed E-state index contributed by atoms with van der Waals surface area (Å²) in [5.74, 6) is 5.83. The Morgan fingerprint density at radius 1 is 1.31 bits per heavy atom. The first kappa shape index (κ1) is 28.4. The van der Waals surface area contributed by atoms with Crippen molar-refractivity contribution in [3.8, 4) is 17.9 Å². The molecule has 0 spiro atoms. The summed E-state index contributed by atoms with van der Waals surface area (Å²) in [6, 6.07) is 12.1. The summed E-state index contributed by atoms with van der Waals surface area (Å²) >= 11 is 0. The van der Waals surface area contributed by atoms with E-state index in [0.29, 0.717) is 13.2 Å². The molecule has 0 amide bonds. The van der Waals surface area contributed by atoms with E-state index in [4.69, 9.17) is 14.2 Å². The zero-order valence-electron chi connectivity index (χ0n) is 22.7. The van der Waals surface area contributed by atoms with Crippen molar-refractivity contribution in [1.29, 1.82) is 5.26 Å². The van der Waals surface area contributed by atoms with Crippen molar-refractivity contribution in [2.75, 3.05) is 13.1 Å². The van der Waals surface area contributed by atoms with Crippen LogP contribution in [0.3, 0.4) is 0 Å². The summed E-state index contributed by atoms with van der Waals surface area (Å²) in [6.07, 6.45) is 3.71. The lowest BCUT2D eigenvalue weighted by Crippen LogP contribution is -2.56. The minimum absolute atomic E-state index is 0.00435. The van der Waals surface area contributed by atoms with Gasteiger partial charge in [0.05, 0.1) is 25.3 Å². The number of nitriles is 1. The maximum Gasteiger partial charge on any atom is 0.164 e. The van der Waals surface area contributed by atoms with Crippen molar-refractivity contribution in [3.05, 3.63) is 47.5 Å². The number of ether oxygens (including phenoxy) is 3. The predicted octanol–water partition coefficient (Wildman–Crippen LogP) is 4.83. The minimum Gasteiger partial charge on any atom is -0.377 e. The second-order valence-electron chi connectivity index (χ2n) is 10.8. The minimum atomic E-state index is -0.981. The average molecular weight is 495 g/mol. The summed E-state index contributed by atoms with van der Waals surface area (Å²) in [7, 11) is 0. The van der Waals surface area contributed by atoms with Crippen LogP contribution in [-0.4, -0.2) is 58.8 Å². The van der Waals surface area contributed by atoms with Gasteiger partial charge in [0.2, 0.25) is 0 Å². The molecule has 0 bridgehead atoms. The smallest absolute Gasteiger partial charge is 0.164 e. The third-order valence-electron chi connectivity index (χ3n) is 7.25. The van der Waals surface area contributed by atoms with E-state index in [0.717, 1.165) is 36.9 Å². The Bertz CT molecular complexity index is 990. The highest BCUT2D eigenvalue weighted by Crippen LogP contribution is 2.34. The third kappa shape index (κ3) is 7.19. The maximum atomic E-state index is 11.3. The van der Waals surface area contributed by atoms with E-state index in [1.165, 1.54) is 0 Å². The van der Waals surface area contributed by atoms with Crippen molar-refractivity contribution >= 4 is 0 Å². The first-order valence-corrected chi connectivity index (χ1v) is 13.1. The van der Waals surface area contributed by atoms with E-state index in [1.807, 2.05) is 58.0 Å². The van der Waals surface area contributed by atoms with Crippen LogP contribution in [0.4, 0.5) is 0 Å². The van der Waals surface area contributed by atoms with E-state index < -0.39 is 17.5 Å². The summed E-state index contributed by atoms with van der Waals surface area (Å²) < 4.78 is 18.3. The number of nitrogens with zero attached hydrogens (tertiary/aromatic N) is 2. The molecule has 0 aromatic heterocycles. The van der Waals surface area contributed by atoms with Crippen molar-refractivity contribution in [1.82, 2.24) is 4.90 Å². The highest BCUT2D eigenvalue weighted by atomic mass is 16.7. The molecule has 0 radical (unpaired) electrons. The standard InChI is InChI=1S/C30H42N2O4/c1-22(14-16-23(2)28-24(3)35-29(4,5)36-28)15-17-27(33)30(6,26-13-10-19-32(26)20-18-31)34-21-25-11-8-7-9-12-25/h7-9,11-12,16,22,24,26-28,33H,10,13-14,19-21H2,1-6H3/b23-16+/t22-,24-,26+,27-,28-,30-/m1/s1. The largest absolute Gasteiger partial charge is 0.377 e. The Hall–Kier alpha value is -2.19. The second-order valence-corrected chi connectivity index (χ2v) is 10.8. The zero-order chi connectivity index (χ0) is 26.3. The monoisotopic (exact) mass is 494 g/mol. The van der Waals surface area contributed by atoms with Gasteiger partial charge < -0.3 is 19.3 Å². The summed E-state index contributed by atoms with van der Waals surface area (Å²) in [5, 5.41) is 20.6. The molecule has 2 aliphatic rings. The molecule has 1 N–H and O–H groups in total. The number of rotatable bonds is 9. The highest BCUT2D eigenvalue weighted by molar-refractivity contribution is 5.19. The molecule has 2 aliphatic heterocycles. The number of hydrogen-bond donors (Lipinski definition) is 1. The molecule has 6 atom stereocenters. The van der Waals surface area contributed by atoms with Crippen LogP contribution in [0.25, 0.3) is 0 Å². The Labute approximate surface area is 217 Å². The zero-order valence-corrected chi connectivity index (χ0v) is 22.7. The van der Waals surface area contributed by atoms with Gasteiger partial charge in [-0.1, -0.05) is 55.2 Å². The highest BCUT2D eigenvalue weighted by Gasteiger charge is 2.46. The van der Waals surface area contributed by atoms with Crippen molar-refractivity contribution in [2.24, 2.45) is 5.92 Å². The van der Waals surface area contributed by atoms with Gasteiger partial charge >= 0.3 is 0 Å². The number of allylic oxidation sites excluding steroid dienone is 1. The van der Waals surface area contributed by atoms with Gasteiger partial charge in [-0.15, -0.1) is 0 Å². The van der Waals surface area contributed by atoms with Crippen LogP contribution < -0.4 is 0 Å². The lowest BCUT2D eigenvalue weighted by atomic mass is 9.87. The van der Waals surface area contributed by atoms with Crippen LogP contribution in [0.1, 0.15) is 66.4 Å². The van der Waals surface area contributed by atoms with Crippen LogP contribution >= 0.6 is 0 Å². The van der Waals surface area contributed by atoms with Crippen LogP contribution in [0.2, 0.25) is 0 Å². The number of aliphatic hydroxyl groups excluding tert-OH is 1. The molecular formula is C30H42N2O4. The van der Waals surface area contributed by atoms with Gasteiger partial charge in [0.15, 0.2) is 5.79 Å². The Morgan fingerprint density at radius 3 is 2.67 bits per heavy atom. The summed E-state index contributed by atoms with van der Waals surface area (Å²) in [6.45, 7) is 13.5. The fraction of sp³-hybridized carbons (Fsp3) is 0.633. The molecule has 3 rings (SSSR count). The molecule has 6 heteroatoms. The van der Waals surface area contributed by atoms with Gasteiger partial charge in [-0.25, -0.2) is 0 Å². The summed E-state index contributed by atoms with van der Waals surface area (Å²) in [4.78, 5) is 2.11. The lowest BCUT2D eigenvalue weighted by molar-refractivity contribution is -0.142. The molecule has 1 aromatic carbocycles. The second kappa shape index (κ2) is 12.4. The third-order valence-corrected chi connectivity index (χ3v) is 7.25. The van der Waals surface area contributed by atoms with Crippen LogP contribution in [-0.2, 0) is 20.8 Å². The van der Waals surface area contributed by atoms with Gasteiger partial charge in [0.25, 0.3) is 0 Å². The Balaban J connectivity index is 1.71. The van der Waals surface area contributed by atoms with E-state index in [1.54, 1.807) is 0 Å². The SMILES string of the molecule is C/C(=C\C[C@@H](C)C#C[C@@H](O)[C@](C)(OCc1ccccc1)[C@@H]1CCCN1CC#N)[C@H]1OC(C)(C)O[C@@H]1C. The van der Waals surface area contributed by atoms with Crippen molar-refractivity contribution in [3.63, 3.8) is 0 Å². The van der Waals surface area contributed by atoms with Gasteiger partial charge in [-0.05, 0) is 71.6 Å². The van der Waals surface area contributed by atoms with Crippen LogP contribution in [0, 0.1) is 29.1 Å². The van der Waals surface area contributed by atoms with Crippen molar-refractivity contribution in [2.45, 2.75) is 103 Å². The van der Waals surface area contributed by atoms with Crippen LogP contribution in [0.15, 0.2) is 42.0 Å². The quantitative estimate of drug-likeness (QED) is 0.301. The molecule has 2 fully saturated rings. The fourth-order valence-corrected chi connectivity index (χ4v) is 5.23. The first-order valence-electron chi connectivity index (χ1n) is 13.1.